The lowest BCUT2D eigenvalue weighted by atomic mass is 9.98. The van der Waals surface area contributed by atoms with Crippen molar-refractivity contribution < 1.29 is 41.8 Å². The zero-order valence-electron chi connectivity index (χ0n) is 18.3. The lowest BCUT2D eigenvalue weighted by molar-refractivity contribution is -0.272. The van der Waals surface area contributed by atoms with Gasteiger partial charge in [0.2, 0.25) is 0 Å². The summed E-state index contributed by atoms with van der Waals surface area (Å²) >= 11 is 0. The molecule has 0 bridgehead atoms. The Labute approximate surface area is 184 Å². The van der Waals surface area contributed by atoms with Crippen LogP contribution in [0.15, 0.2) is 24.3 Å². The van der Waals surface area contributed by atoms with Crippen LogP contribution in [0, 0.1) is 5.92 Å². The first-order chi connectivity index (χ1) is 15.0. The Hall–Kier alpha value is -2.46. The fourth-order valence-corrected chi connectivity index (χ4v) is 3.32. The Balaban J connectivity index is 1.78. The number of benzene rings is 1. The van der Waals surface area contributed by atoms with Gasteiger partial charge < -0.3 is 19.5 Å². The number of halogens is 3. The van der Waals surface area contributed by atoms with Crippen LogP contribution in [0.4, 0.5) is 13.2 Å². The summed E-state index contributed by atoms with van der Waals surface area (Å²) in [6.07, 6.45) is -1.96. The van der Waals surface area contributed by atoms with Crippen molar-refractivity contribution in [2.24, 2.45) is 5.92 Å². The van der Waals surface area contributed by atoms with Gasteiger partial charge in [-0.25, -0.2) is 4.79 Å². The molecule has 7 nitrogen and oxygen atoms in total. The van der Waals surface area contributed by atoms with Crippen LogP contribution in [-0.4, -0.2) is 49.8 Å². The first kappa shape index (κ1) is 25.8. The summed E-state index contributed by atoms with van der Waals surface area (Å²) in [6, 6.07) is 3.10. The van der Waals surface area contributed by atoms with Crippen molar-refractivity contribution in [3.05, 3.63) is 35.4 Å². The summed E-state index contributed by atoms with van der Waals surface area (Å²) in [5.74, 6) is -2.74. The molecule has 32 heavy (non-hydrogen) atoms. The lowest BCUT2D eigenvalue weighted by Gasteiger charge is -2.35. The number of esters is 1. The van der Waals surface area contributed by atoms with Crippen molar-refractivity contribution in [2.45, 2.75) is 57.5 Å². The highest BCUT2D eigenvalue weighted by Gasteiger charge is 2.41. The van der Waals surface area contributed by atoms with Gasteiger partial charge in [0.1, 0.15) is 0 Å². The van der Waals surface area contributed by atoms with E-state index in [0.717, 1.165) is 37.1 Å². The second-order valence-electron chi connectivity index (χ2n) is 7.92. The molecule has 1 aliphatic heterocycles. The van der Waals surface area contributed by atoms with Crippen molar-refractivity contribution in [3.8, 4) is 0 Å². The molecule has 1 amide bonds. The molecule has 1 fully saturated rings. The van der Waals surface area contributed by atoms with E-state index in [1.807, 2.05) is 0 Å². The summed E-state index contributed by atoms with van der Waals surface area (Å²) in [6.45, 7) is 3.54. The Morgan fingerprint density at radius 2 is 1.75 bits per heavy atom. The minimum Gasteiger partial charge on any atom is -0.465 e. The molecule has 1 heterocycles. The first-order valence-electron chi connectivity index (χ1n) is 10.3. The second-order valence-corrected chi connectivity index (χ2v) is 7.92. The number of ether oxygens (including phenoxy) is 3. The molecule has 1 aliphatic rings. The van der Waals surface area contributed by atoms with E-state index in [-0.39, 0.29) is 17.3 Å². The molecule has 0 aromatic heterocycles. The maximum absolute atomic E-state index is 12.7. The number of nitrogens with one attached hydrogen (secondary N) is 1. The van der Waals surface area contributed by atoms with Crippen molar-refractivity contribution in [1.29, 1.82) is 0 Å². The average molecular weight is 459 g/mol. The number of hydrogen-bond acceptors (Lipinski definition) is 6. The number of carbonyl (C=O) groups is 3. The van der Waals surface area contributed by atoms with Crippen LogP contribution < -0.4 is 5.32 Å². The molecule has 0 saturated carbocycles. The number of hydrogen-bond donors (Lipinski definition) is 1. The van der Waals surface area contributed by atoms with Gasteiger partial charge in [-0.3, -0.25) is 9.59 Å². The minimum atomic E-state index is -4.48. The molecule has 1 saturated heterocycles. The molecule has 1 unspecified atom stereocenters. The first-order valence-corrected chi connectivity index (χ1v) is 10.3. The van der Waals surface area contributed by atoms with E-state index in [0.29, 0.717) is 26.1 Å². The number of carbonyl (C=O) groups excluding carboxylic acids is 3. The van der Waals surface area contributed by atoms with E-state index < -0.39 is 35.4 Å². The average Bonchev–Trinajstić information content (AvgIpc) is 2.75. The number of Topliss-reactive ketones (excluding diaryl/α,β-unsaturated/α-hetero) is 1. The SMILES string of the molecule is COC(=O)C1(C)OCC(CCCCC(NC(=O)c2ccc(C(F)(F)F)cc2)C(C)=O)CO1. The summed E-state index contributed by atoms with van der Waals surface area (Å²) in [5.41, 5.74) is -0.797. The highest BCUT2D eigenvalue weighted by atomic mass is 19.4. The number of ketones is 1. The molecule has 1 aromatic rings. The maximum Gasteiger partial charge on any atom is 0.416 e. The number of unbranched alkanes of at least 4 members (excludes halogenated alkanes) is 1. The molecular formula is C22H28F3NO6. The van der Waals surface area contributed by atoms with Crippen LogP contribution in [0.1, 0.15) is 55.5 Å². The third kappa shape index (κ3) is 7.03. The third-order valence-electron chi connectivity index (χ3n) is 5.37. The van der Waals surface area contributed by atoms with E-state index in [1.54, 1.807) is 0 Å². The highest BCUT2D eigenvalue weighted by molar-refractivity contribution is 5.97. The van der Waals surface area contributed by atoms with Gasteiger partial charge in [-0.15, -0.1) is 0 Å². The maximum atomic E-state index is 12.7. The zero-order chi connectivity index (χ0) is 23.9. The number of methoxy groups -OCH3 is 1. The monoisotopic (exact) mass is 459 g/mol. The quantitative estimate of drug-likeness (QED) is 0.449. The third-order valence-corrected chi connectivity index (χ3v) is 5.37. The second kappa shape index (κ2) is 10.9. The van der Waals surface area contributed by atoms with Gasteiger partial charge in [0.15, 0.2) is 5.78 Å². The molecule has 1 aromatic carbocycles. The van der Waals surface area contributed by atoms with Gasteiger partial charge in [0, 0.05) is 18.4 Å². The highest BCUT2D eigenvalue weighted by Crippen LogP contribution is 2.29. The van der Waals surface area contributed by atoms with Gasteiger partial charge in [0.05, 0.1) is 31.9 Å². The molecule has 178 valence electrons. The minimum absolute atomic E-state index is 0.0504. The number of amides is 1. The molecule has 2 rings (SSSR count). The molecule has 1 atom stereocenters. The molecule has 0 aliphatic carbocycles. The van der Waals surface area contributed by atoms with E-state index in [9.17, 15) is 27.6 Å². The predicted molar refractivity (Wildman–Crippen MR) is 108 cm³/mol. The van der Waals surface area contributed by atoms with Crippen molar-refractivity contribution >= 4 is 17.7 Å². The van der Waals surface area contributed by atoms with Gasteiger partial charge in [-0.2, -0.15) is 13.2 Å². The standard InChI is InChI=1S/C22H28F3NO6/c1-14(27)18(26-19(28)16-8-10-17(11-9-16)22(23,24)25)7-5-4-6-15-12-31-21(2,32-13-15)20(29)30-3/h8-11,15,18H,4-7,12-13H2,1-3H3,(H,26,28). The van der Waals surface area contributed by atoms with Crippen LogP contribution in [0.5, 0.6) is 0 Å². The fourth-order valence-electron chi connectivity index (χ4n) is 3.32. The Morgan fingerprint density at radius 1 is 1.16 bits per heavy atom. The topological polar surface area (TPSA) is 90.9 Å². The van der Waals surface area contributed by atoms with Crippen molar-refractivity contribution in [2.75, 3.05) is 20.3 Å². The number of rotatable bonds is 9. The molecular weight excluding hydrogens is 431 g/mol. The fraction of sp³-hybridized carbons (Fsp3) is 0.591. The van der Waals surface area contributed by atoms with Gasteiger partial charge in [0.25, 0.3) is 11.7 Å². The van der Waals surface area contributed by atoms with Crippen LogP contribution >= 0.6 is 0 Å². The molecule has 0 spiro atoms. The zero-order valence-corrected chi connectivity index (χ0v) is 18.3. The Morgan fingerprint density at radius 3 is 2.25 bits per heavy atom. The smallest absolute Gasteiger partial charge is 0.416 e. The Bertz CT molecular complexity index is 801. The molecule has 0 radical (unpaired) electrons. The van der Waals surface area contributed by atoms with E-state index in [1.165, 1.54) is 21.0 Å². The van der Waals surface area contributed by atoms with Crippen molar-refractivity contribution in [3.63, 3.8) is 0 Å². The van der Waals surface area contributed by atoms with Crippen molar-refractivity contribution in [1.82, 2.24) is 5.32 Å². The van der Waals surface area contributed by atoms with E-state index >= 15 is 0 Å². The molecule has 1 N–H and O–H groups in total. The van der Waals surface area contributed by atoms with Crippen LogP contribution in [-0.2, 0) is 30.0 Å². The number of alkyl halides is 3. The van der Waals surface area contributed by atoms with Gasteiger partial charge >= 0.3 is 12.1 Å². The largest absolute Gasteiger partial charge is 0.465 e. The lowest BCUT2D eigenvalue weighted by Crippen LogP contribution is -2.48. The summed E-state index contributed by atoms with van der Waals surface area (Å²) in [5, 5.41) is 2.59. The van der Waals surface area contributed by atoms with Gasteiger partial charge in [-0.05, 0) is 44.0 Å². The normalized spacial score (nSPS) is 22.1. The van der Waals surface area contributed by atoms with E-state index in [4.69, 9.17) is 9.47 Å². The predicted octanol–water partition coefficient (Wildman–Crippen LogP) is 3.51. The van der Waals surface area contributed by atoms with E-state index in [2.05, 4.69) is 10.1 Å². The Kier molecular flexibility index (Phi) is 8.80. The van der Waals surface area contributed by atoms with Crippen LogP contribution in [0.25, 0.3) is 0 Å². The van der Waals surface area contributed by atoms with Crippen LogP contribution in [0.3, 0.4) is 0 Å². The summed E-state index contributed by atoms with van der Waals surface area (Å²) in [7, 11) is 1.26. The molecule has 10 heteroatoms. The summed E-state index contributed by atoms with van der Waals surface area (Å²) in [4.78, 5) is 35.9. The van der Waals surface area contributed by atoms with Crippen LogP contribution in [0.2, 0.25) is 0 Å². The summed E-state index contributed by atoms with van der Waals surface area (Å²) < 4.78 is 53.6. The van der Waals surface area contributed by atoms with Gasteiger partial charge in [-0.1, -0.05) is 12.8 Å².